The number of nitrogens with one attached hydrogen (secondary N) is 1. The largest absolute Gasteiger partial charge is 0.481 e. The van der Waals surface area contributed by atoms with Gasteiger partial charge in [-0.1, -0.05) is 13.8 Å². The third-order valence-corrected chi connectivity index (χ3v) is 2.83. The summed E-state index contributed by atoms with van der Waals surface area (Å²) in [6.07, 6.45) is -4.93. The summed E-state index contributed by atoms with van der Waals surface area (Å²) in [7, 11) is 0. The van der Waals surface area contributed by atoms with Crippen LogP contribution >= 0.6 is 0 Å². The number of carboxylic acids is 1. The highest BCUT2D eigenvalue weighted by Crippen LogP contribution is 2.29. The fourth-order valence-corrected chi connectivity index (χ4v) is 1.63. The molecule has 1 unspecified atom stereocenters. The average molecular weight is 301 g/mol. The van der Waals surface area contributed by atoms with E-state index in [1.807, 2.05) is 0 Å². The Morgan fingerprint density at radius 3 is 2.52 bits per heavy atom. The van der Waals surface area contributed by atoms with Crippen LogP contribution in [-0.4, -0.2) is 22.1 Å². The van der Waals surface area contributed by atoms with E-state index in [1.165, 1.54) is 0 Å². The number of nitriles is 1. The predicted molar refractivity (Wildman–Crippen MR) is 68.5 cm³/mol. The van der Waals surface area contributed by atoms with Crippen molar-refractivity contribution < 1.29 is 23.1 Å². The van der Waals surface area contributed by atoms with Crippen LogP contribution < -0.4 is 5.32 Å². The van der Waals surface area contributed by atoms with Gasteiger partial charge in [-0.3, -0.25) is 4.79 Å². The number of anilines is 1. The van der Waals surface area contributed by atoms with Gasteiger partial charge in [0, 0.05) is 6.04 Å². The minimum atomic E-state index is -4.63. The van der Waals surface area contributed by atoms with Gasteiger partial charge in [-0.05, 0) is 18.1 Å². The molecule has 1 aromatic heterocycles. The highest BCUT2D eigenvalue weighted by molar-refractivity contribution is 5.68. The van der Waals surface area contributed by atoms with Gasteiger partial charge in [0.05, 0.1) is 12.0 Å². The molecule has 0 amide bonds. The molecule has 0 aliphatic rings. The monoisotopic (exact) mass is 301 g/mol. The minimum absolute atomic E-state index is 0.0703. The Hall–Kier alpha value is -2.30. The first-order chi connectivity index (χ1) is 9.65. The number of halogens is 3. The van der Waals surface area contributed by atoms with Gasteiger partial charge >= 0.3 is 12.1 Å². The number of alkyl halides is 3. The molecule has 0 radical (unpaired) electrons. The van der Waals surface area contributed by atoms with Crippen LogP contribution in [-0.2, 0) is 11.0 Å². The predicted octanol–water partition coefficient (Wildman–Crippen LogP) is 2.88. The Bertz CT molecular complexity index is 565. The molecule has 5 nitrogen and oxygen atoms in total. The zero-order valence-corrected chi connectivity index (χ0v) is 11.4. The number of hydrogen-bond donors (Lipinski definition) is 2. The second-order valence-corrected chi connectivity index (χ2v) is 4.79. The number of pyridine rings is 1. The molecule has 8 heteroatoms. The van der Waals surface area contributed by atoms with Crippen LogP contribution in [0.4, 0.5) is 19.0 Å². The second-order valence-electron chi connectivity index (χ2n) is 4.79. The summed E-state index contributed by atoms with van der Waals surface area (Å²) in [5.41, 5.74) is -1.21. The Kier molecular flexibility index (Phi) is 5.13. The molecule has 0 aliphatic heterocycles. The van der Waals surface area contributed by atoms with Gasteiger partial charge in [-0.25, -0.2) is 4.98 Å². The molecule has 0 fully saturated rings. The number of hydrogen-bond acceptors (Lipinski definition) is 4. The van der Waals surface area contributed by atoms with Crippen molar-refractivity contribution in [1.82, 2.24) is 4.98 Å². The van der Waals surface area contributed by atoms with Crippen LogP contribution in [0.5, 0.6) is 0 Å². The SMILES string of the molecule is CC(C)C(CC(=O)O)Nc1nc(C(F)(F)F)ccc1C#N. The lowest BCUT2D eigenvalue weighted by Crippen LogP contribution is -2.29. The van der Waals surface area contributed by atoms with Crippen molar-refractivity contribution in [3.05, 3.63) is 23.4 Å². The summed E-state index contributed by atoms with van der Waals surface area (Å²) in [4.78, 5) is 14.2. The first-order valence-electron chi connectivity index (χ1n) is 6.11. The molecule has 0 aliphatic carbocycles. The van der Waals surface area contributed by atoms with E-state index in [-0.39, 0.29) is 23.7 Å². The molecule has 0 spiro atoms. The summed E-state index contributed by atoms with van der Waals surface area (Å²) >= 11 is 0. The minimum Gasteiger partial charge on any atom is -0.481 e. The van der Waals surface area contributed by atoms with Gasteiger partial charge in [0.25, 0.3) is 0 Å². The maximum Gasteiger partial charge on any atom is 0.433 e. The maximum atomic E-state index is 12.6. The Balaban J connectivity index is 3.15. The van der Waals surface area contributed by atoms with E-state index < -0.39 is 23.9 Å². The van der Waals surface area contributed by atoms with E-state index >= 15 is 0 Å². The van der Waals surface area contributed by atoms with Gasteiger partial charge in [0.1, 0.15) is 17.6 Å². The zero-order valence-electron chi connectivity index (χ0n) is 11.4. The van der Waals surface area contributed by atoms with Gasteiger partial charge in [0.2, 0.25) is 0 Å². The van der Waals surface area contributed by atoms with E-state index in [4.69, 9.17) is 10.4 Å². The number of aliphatic carboxylic acids is 1. The van der Waals surface area contributed by atoms with Crippen LogP contribution in [0, 0.1) is 17.2 Å². The first kappa shape index (κ1) is 16.8. The topological polar surface area (TPSA) is 86.0 Å². The average Bonchev–Trinajstić information content (AvgIpc) is 2.36. The van der Waals surface area contributed by atoms with E-state index in [2.05, 4.69) is 10.3 Å². The van der Waals surface area contributed by atoms with Crippen molar-refractivity contribution in [3.63, 3.8) is 0 Å². The molecule has 21 heavy (non-hydrogen) atoms. The van der Waals surface area contributed by atoms with Gasteiger partial charge in [0.15, 0.2) is 0 Å². The van der Waals surface area contributed by atoms with E-state index in [9.17, 15) is 18.0 Å². The third kappa shape index (κ3) is 4.63. The highest BCUT2D eigenvalue weighted by atomic mass is 19.4. The maximum absolute atomic E-state index is 12.6. The molecule has 1 heterocycles. The van der Waals surface area contributed by atoms with Crippen LogP contribution in [0.2, 0.25) is 0 Å². The van der Waals surface area contributed by atoms with Crippen molar-refractivity contribution in [2.24, 2.45) is 5.92 Å². The molecular weight excluding hydrogens is 287 g/mol. The fraction of sp³-hybridized carbons (Fsp3) is 0.462. The normalized spacial score (nSPS) is 12.8. The number of carboxylic acid groups (broad SMARTS) is 1. The molecule has 114 valence electrons. The van der Waals surface area contributed by atoms with Crippen molar-refractivity contribution >= 4 is 11.8 Å². The van der Waals surface area contributed by atoms with Crippen molar-refractivity contribution in [2.75, 3.05) is 5.32 Å². The first-order valence-corrected chi connectivity index (χ1v) is 6.11. The van der Waals surface area contributed by atoms with Crippen molar-refractivity contribution in [3.8, 4) is 6.07 Å². The molecule has 1 aromatic rings. The summed E-state index contributed by atoms with van der Waals surface area (Å²) in [6.45, 7) is 3.44. The lowest BCUT2D eigenvalue weighted by atomic mass is 10.0. The molecular formula is C13H14F3N3O2. The summed E-state index contributed by atoms with van der Waals surface area (Å²) in [6, 6.07) is 2.82. The molecule has 0 bridgehead atoms. The Morgan fingerprint density at radius 1 is 1.48 bits per heavy atom. The Morgan fingerprint density at radius 2 is 2.10 bits per heavy atom. The van der Waals surface area contributed by atoms with Crippen molar-refractivity contribution in [2.45, 2.75) is 32.5 Å². The molecule has 0 aromatic carbocycles. The smallest absolute Gasteiger partial charge is 0.433 e. The van der Waals surface area contributed by atoms with Gasteiger partial charge in [-0.15, -0.1) is 0 Å². The van der Waals surface area contributed by atoms with E-state index in [0.717, 1.165) is 6.07 Å². The van der Waals surface area contributed by atoms with Gasteiger partial charge < -0.3 is 10.4 Å². The molecule has 0 saturated heterocycles. The number of carbonyl (C=O) groups is 1. The van der Waals surface area contributed by atoms with Crippen LogP contribution in [0.1, 0.15) is 31.5 Å². The summed E-state index contributed by atoms with van der Waals surface area (Å²) < 4.78 is 37.9. The lowest BCUT2D eigenvalue weighted by Gasteiger charge is -2.22. The standard InChI is InChI=1S/C13H14F3N3O2/c1-7(2)9(5-11(20)21)18-12-8(6-17)3-4-10(19-12)13(14,15)16/h3-4,7,9H,5H2,1-2H3,(H,18,19)(H,20,21). The molecule has 2 N–H and O–H groups in total. The van der Waals surface area contributed by atoms with E-state index in [0.29, 0.717) is 6.07 Å². The van der Waals surface area contributed by atoms with Crippen LogP contribution in [0.3, 0.4) is 0 Å². The van der Waals surface area contributed by atoms with Crippen molar-refractivity contribution in [1.29, 1.82) is 5.26 Å². The number of rotatable bonds is 5. The molecule has 0 saturated carbocycles. The number of nitrogens with zero attached hydrogens (tertiary/aromatic N) is 2. The quantitative estimate of drug-likeness (QED) is 0.873. The molecule has 1 atom stereocenters. The lowest BCUT2D eigenvalue weighted by molar-refractivity contribution is -0.141. The highest BCUT2D eigenvalue weighted by Gasteiger charge is 2.33. The van der Waals surface area contributed by atoms with Gasteiger partial charge in [-0.2, -0.15) is 18.4 Å². The van der Waals surface area contributed by atoms with Crippen LogP contribution in [0.15, 0.2) is 12.1 Å². The zero-order chi connectivity index (χ0) is 16.2. The third-order valence-electron chi connectivity index (χ3n) is 2.83. The molecule has 1 rings (SSSR count). The van der Waals surface area contributed by atoms with Crippen LogP contribution in [0.25, 0.3) is 0 Å². The summed E-state index contributed by atoms with van der Waals surface area (Å²) in [5.74, 6) is -1.51. The summed E-state index contributed by atoms with van der Waals surface area (Å²) in [5, 5.41) is 20.4. The fourth-order valence-electron chi connectivity index (χ4n) is 1.63. The van der Waals surface area contributed by atoms with E-state index in [1.54, 1.807) is 19.9 Å². The second kappa shape index (κ2) is 6.43. The number of aromatic nitrogens is 1. The Labute approximate surface area is 119 Å².